The summed E-state index contributed by atoms with van der Waals surface area (Å²) in [4.78, 5) is 9.94. The molecular formula is C54H70AgN4-2. The molecule has 0 saturated carbocycles. The molecule has 0 aliphatic carbocycles. The first kappa shape index (κ1) is 47.5. The SMILES string of the molecule is C=CC[C@@H]1[C@H](CC=C)N(c2c(C)cc(C)cc2C)[CH-]N1c1c(C)cc(C)cc1C.C=CC[C@@H]1[C@H](CC=C)N(c2c(C)cc(C)cc2C)[CH-]N1c1c(C)cc(C)cc1C.[Ag]. The summed E-state index contributed by atoms with van der Waals surface area (Å²) < 4.78 is 0. The van der Waals surface area contributed by atoms with Crippen molar-refractivity contribution < 1.29 is 22.4 Å². The van der Waals surface area contributed by atoms with Crippen molar-refractivity contribution >= 4 is 22.7 Å². The van der Waals surface area contributed by atoms with Gasteiger partial charge in [0.2, 0.25) is 0 Å². The Morgan fingerprint density at radius 3 is 0.644 bits per heavy atom. The maximum Gasteiger partial charge on any atom is 0.0238 e. The fourth-order valence-corrected chi connectivity index (χ4v) is 10.3. The van der Waals surface area contributed by atoms with Gasteiger partial charge in [0.25, 0.3) is 0 Å². The molecule has 4 aromatic rings. The molecule has 319 valence electrons. The second-order valence-electron chi connectivity index (χ2n) is 17.2. The molecule has 0 bridgehead atoms. The van der Waals surface area contributed by atoms with Crippen LogP contribution in [0.2, 0.25) is 0 Å². The molecular weight excluding hydrogens is 812 g/mol. The molecule has 2 aliphatic rings. The van der Waals surface area contributed by atoms with Crippen molar-refractivity contribution in [1.82, 2.24) is 0 Å². The summed E-state index contributed by atoms with van der Waals surface area (Å²) in [5.74, 6) is 0. The van der Waals surface area contributed by atoms with Crippen molar-refractivity contribution in [3.05, 3.63) is 179 Å². The van der Waals surface area contributed by atoms with Gasteiger partial charge in [-0.15, -0.1) is 26.3 Å². The molecule has 0 aromatic heterocycles. The number of anilines is 4. The van der Waals surface area contributed by atoms with Crippen LogP contribution >= 0.6 is 0 Å². The van der Waals surface area contributed by atoms with Crippen LogP contribution in [0, 0.1) is 96.4 Å². The number of rotatable bonds is 12. The number of aryl methyl sites for hydroxylation is 12. The molecule has 4 aromatic carbocycles. The number of hydrogen-bond donors (Lipinski definition) is 0. The normalized spacial score (nSPS) is 18.6. The van der Waals surface area contributed by atoms with E-state index in [9.17, 15) is 0 Å². The quantitative estimate of drug-likeness (QED) is 0.0798. The van der Waals surface area contributed by atoms with Gasteiger partial charge < -0.3 is 19.6 Å². The Morgan fingerprint density at radius 1 is 0.356 bits per heavy atom. The zero-order valence-electron chi connectivity index (χ0n) is 38.1. The second-order valence-corrected chi connectivity index (χ2v) is 17.2. The molecule has 59 heavy (non-hydrogen) atoms. The monoisotopic (exact) mass is 881 g/mol. The molecule has 0 amide bonds. The molecule has 4 nitrogen and oxygen atoms in total. The van der Waals surface area contributed by atoms with E-state index in [4.69, 9.17) is 0 Å². The van der Waals surface area contributed by atoms with Gasteiger partial charge in [-0.3, -0.25) is 0 Å². The molecule has 1 radical (unpaired) electrons. The van der Waals surface area contributed by atoms with E-state index in [0.717, 1.165) is 25.7 Å². The third kappa shape index (κ3) is 10.1. The Kier molecular flexibility index (Phi) is 16.4. The summed E-state index contributed by atoms with van der Waals surface area (Å²) in [6, 6.07) is 19.6. The Balaban J connectivity index is 0.000000256. The third-order valence-corrected chi connectivity index (χ3v) is 12.0. The van der Waals surface area contributed by atoms with Gasteiger partial charge in [0, 0.05) is 69.3 Å². The van der Waals surface area contributed by atoms with Crippen molar-refractivity contribution in [2.75, 3.05) is 19.6 Å². The zero-order valence-corrected chi connectivity index (χ0v) is 39.6. The molecule has 5 heteroatoms. The van der Waals surface area contributed by atoms with Gasteiger partial charge in [0.15, 0.2) is 0 Å². The largest absolute Gasteiger partial charge is 0.499 e. The van der Waals surface area contributed by atoms with Gasteiger partial charge in [-0.2, -0.15) is 13.3 Å². The molecule has 2 aliphatic heterocycles. The molecule has 4 atom stereocenters. The van der Waals surface area contributed by atoms with E-state index in [-0.39, 0.29) is 22.4 Å². The Hall–Kier alpha value is -4.22. The van der Waals surface area contributed by atoms with Crippen LogP contribution in [0.15, 0.2) is 99.2 Å². The smallest absolute Gasteiger partial charge is 0.0238 e. The summed E-state index contributed by atoms with van der Waals surface area (Å²) in [7, 11) is 0. The van der Waals surface area contributed by atoms with Crippen LogP contribution in [0.5, 0.6) is 0 Å². The molecule has 0 spiro atoms. The van der Waals surface area contributed by atoms with Crippen LogP contribution in [0.4, 0.5) is 22.7 Å². The summed E-state index contributed by atoms with van der Waals surface area (Å²) in [6.45, 7) is 47.4. The van der Waals surface area contributed by atoms with Crippen molar-refractivity contribution in [3.8, 4) is 0 Å². The van der Waals surface area contributed by atoms with Gasteiger partial charge in [0.1, 0.15) is 0 Å². The van der Waals surface area contributed by atoms with Crippen LogP contribution in [0.1, 0.15) is 92.4 Å². The van der Waals surface area contributed by atoms with Crippen LogP contribution < -0.4 is 19.6 Å². The summed E-state index contributed by atoms with van der Waals surface area (Å²) >= 11 is 0. The number of nitrogens with zero attached hydrogens (tertiary/aromatic N) is 4. The van der Waals surface area contributed by atoms with E-state index in [2.05, 4.69) is 215 Å². The van der Waals surface area contributed by atoms with Crippen molar-refractivity contribution in [3.63, 3.8) is 0 Å². The Bertz CT molecular complexity index is 1770. The average Bonchev–Trinajstić information content (AvgIpc) is 3.61. The molecule has 2 saturated heterocycles. The maximum absolute atomic E-state index is 4.07. The van der Waals surface area contributed by atoms with Gasteiger partial charge in [-0.1, -0.05) is 95.1 Å². The Morgan fingerprint density at radius 2 is 0.508 bits per heavy atom. The fraction of sp³-hybridized carbons (Fsp3) is 0.370. The van der Waals surface area contributed by atoms with E-state index in [1.807, 2.05) is 0 Å². The predicted octanol–water partition coefficient (Wildman–Crippen LogP) is 13.7. The minimum Gasteiger partial charge on any atom is -0.499 e. The third-order valence-electron chi connectivity index (χ3n) is 12.0. The van der Waals surface area contributed by atoms with E-state index < -0.39 is 0 Å². The van der Waals surface area contributed by atoms with Gasteiger partial charge in [-0.25, -0.2) is 0 Å². The molecule has 2 fully saturated rings. The summed E-state index contributed by atoms with van der Waals surface area (Å²) in [5.41, 5.74) is 21.1. The molecule has 0 N–H and O–H groups in total. The van der Waals surface area contributed by atoms with Crippen molar-refractivity contribution in [2.45, 2.75) is 133 Å². The first-order valence-electron chi connectivity index (χ1n) is 21.1. The topological polar surface area (TPSA) is 13.0 Å². The first-order chi connectivity index (χ1) is 27.6. The van der Waals surface area contributed by atoms with Crippen molar-refractivity contribution in [2.24, 2.45) is 0 Å². The summed E-state index contributed by atoms with van der Waals surface area (Å²) in [6.07, 6.45) is 11.9. The van der Waals surface area contributed by atoms with E-state index in [1.165, 1.54) is 89.5 Å². The van der Waals surface area contributed by atoms with Gasteiger partial charge >= 0.3 is 0 Å². The standard InChI is InChI=1S/2C27H35N2.Ag/c2*1-9-11-24-25(12-10-2)29(27-22(7)15-19(4)16-23(27)8)17-28(24)26-20(5)13-18(3)14-21(26)6;/h2*9-10,13-17,24-25H,1-2,11-12H2,3-8H3;/q2*-1;/t2*24-,25+;. The van der Waals surface area contributed by atoms with Crippen LogP contribution in [0.3, 0.4) is 0 Å². The van der Waals surface area contributed by atoms with E-state index in [1.54, 1.807) is 0 Å². The number of benzene rings is 4. The number of hydrogen-bond acceptors (Lipinski definition) is 4. The Labute approximate surface area is 374 Å². The van der Waals surface area contributed by atoms with Gasteiger partial charge in [0.05, 0.1) is 0 Å². The van der Waals surface area contributed by atoms with Gasteiger partial charge in [-0.05, 0) is 153 Å². The average molecular weight is 883 g/mol. The van der Waals surface area contributed by atoms with Crippen LogP contribution in [-0.2, 0) is 22.4 Å². The van der Waals surface area contributed by atoms with E-state index >= 15 is 0 Å². The van der Waals surface area contributed by atoms with Crippen molar-refractivity contribution in [1.29, 1.82) is 0 Å². The minimum absolute atomic E-state index is 0. The minimum atomic E-state index is 0. The molecule has 0 unspecified atom stereocenters. The summed E-state index contributed by atoms with van der Waals surface area (Å²) in [5, 5.41) is 0. The molecule has 6 rings (SSSR count). The maximum atomic E-state index is 4.07. The van der Waals surface area contributed by atoms with E-state index in [0.29, 0.717) is 24.2 Å². The zero-order chi connectivity index (χ0) is 42.6. The second kappa shape index (κ2) is 20.4. The fourth-order valence-electron chi connectivity index (χ4n) is 10.3. The first-order valence-corrected chi connectivity index (χ1v) is 21.1. The van der Waals surface area contributed by atoms with Crippen LogP contribution in [-0.4, -0.2) is 24.2 Å². The van der Waals surface area contributed by atoms with Crippen LogP contribution in [0.25, 0.3) is 0 Å². The predicted molar refractivity (Wildman–Crippen MR) is 256 cm³/mol. The molecule has 2 heterocycles.